The first-order valence-corrected chi connectivity index (χ1v) is 12.7. The molecule has 0 atom stereocenters. The Morgan fingerprint density at radius 1 is 0.667 bits per heavy atom. The number of unbranched alkanes of at least 4 members (excludes halogenated alkanes) is 4. The summed E-state index contributed by atoms with van der Waals surface area (Å²) in [5, 5.41) is 0. The smallest absolute Gasteiger partial charge is 1.00 e. The van der Waals surface area contributed by atoms with Crippen molar-refractivity contribution in [3.05, 3.63) is 0 Å². The molecule has 0 saturated heterocycles. The second-order valence-corrected chi connectivity index (χ2v) is 9.33. The van der Waals surface area contributed by atoms with Crippen molar-refractivity contribution in [3.8, 4) is 0 Å². The Balaban J connectivity index is -0.000000225. The third-order valence-corrected chi connectivity index (χ3v) is 5.86. The minimum absolute atomic E-state index is 0. The summed E-state index contributed by atoms with van der Waals surface area (Å²) in [4.78, 5) is 31.0. The van der Waals surface area contributed by atoms with E-state index in [1.165, 1.54) is 82.0 Å². The Bertz CT molecular complexity index is 378. The zero-order valence-corrected chi connectivity index (χ0v) is 22.8. The van der Waals surface area contributed by atoms with Gasteiger partial charge >= 0.3 is 67.0 Å². The van der Waals surface area contributed by atoms with Gasteiger partial charge in [0.15, 0.2) is 0 Å². The van der Waals surface area contributed by atoms with Crippen molar-refractivity contribution in [1.82, 2.24) is 0 Å². The summed E-state index contributed by atoms with van der Waals surface area (Å²) >= 11 is 0. The molecule has 0 aliphatic carbocycles. The Kier molecular flexibility index (Phi) is 23.1. The van der Waals surface area contributed by atoms with Gasteiger partial charge in [-0.1, -0.05) is 53.4 Å². The van der Waals surface area contributed by atoms with Crippen LogP contribution in [0, 0.1) is 0 Å². The molecule has 11 heteroatoms. The monoisotopic (exact) mass is 460 g/mol. The summed E-state index contributed by atoms with van der Waals surface area (Å²) in [6, 6.07) is 0. The van der Waals surface area contributed by atoms with Crippen LogP contribution >= 0.6 is 15.6 Å². The van der Waals surface area contributed by atoms with Crippen molar-refractivity contribution < 1.29 is 90.3 Å². The number of phosphoric acid groups is 2. The van der Waals surface area contributed by atoms with Gasteiger partial charge in [-0.15, -0.1) is 0 Å². The molecular formula is C16H41KNO7P2+. The number of nitrogens with zero attached hydrogens (tertiary/aromatic N) is 1. The first kappa shape index (κ1) is 33.5. The van der Waals surface area contributed by atoms with Gasteiger partial charge in [0, 0.05) is 0 Å². The van der Waals surface area contributed by atoms with Crippen LogP contribution in [0.3, 0.4) is 0 Å². The van der Waals surface area contributed by atoms with E-state index in [4.69, 9.17) is 19.6 Å². The van der Waals surface area contributed by atoms with Gasteiger partial charge in [0.1, 0.15) is 0 Å². The van der Waals surface area contributed by atoms with Gasteiger partial charge < -0.3 is 25.5 Å². The average molecular weight is 461 g/mol. The molecule has 0 fully saturated rings. The van der Waals surface area contributed by atoms with Crippen LogP contribution in [0.1, 0.15) is 80.5 Å². The number of hydrogen-bond donors (Lipinski definition) is 4. The largest absolute Gasteiger partial charge is 1.00 e. The van der Waals surface area contributed by atoms with Gasteiger partial charge in [-0.05, 0) is 25.7 Å². The fourth-order valence-electron chi connectivity index (χ4n) is 2.78. The van der Waals surface area contributed by atoms with Crippen LogP contribution in [0.2, 0.25) is 0 Å². The van der Waals surface area contributed by atoms with E-state index in [9.17, 15) is 9.13 Å². The van der Waals surface area contributed by atoms with Gasteiger partial charge in [0.25, 0.3) is 0 Å². The number of quaternary nitrogens is 1. The van der Waals surface area contributed by atoms with Crippen LogP contribution in [-0.2, 0) is 13.4 Å². The summed E-state index contributed by atoms with van der Waals surface area (Å²) in [6.45, 7) is 15.0. The molecule has 8 nitrogen and oxygen atoms in total. The normalized spacial score (nSPS) is 12.1. The molecule has 27 heavy (non-hydrogen) atoms. The predicted octanol–water partition coefficient (Wildman–Crippen LogP) is 1.31. The Labute approximate surface area is 209 Å². The fourth-order valence-corrected chi connectivity index (χ4v) is 3.89. The van der Waals surface area contributed by atoms with Crippen molar-refractivity contribution in [2.24, 2.45) is 0 Å². The van der Waals surface area contributed by atoms with Crippen molar-refractivity contribution in [2.45, 2.75) is 79.1 Å². The zero-order chi connectivity index (χ0) is 20.7. The Morgan fingerprint density at radius 2 is 0.889 bits per heavy atom. The molecular weight excluding hydrogens is 419 g/mol. The van der Waals surface area contributed by atoms with Crippen LogP contribution < -0.4 is 51.4 Å². The Morgan fingerprint density at radius 3 is 1.00 bits per heavy atom. The zero-order valence-electron chi connectivity index (χ0n) is 18.8. The molecule has 0 radical (unpaired) electrons. The first-order valence-electron chi connectivity index (χ1n) is 9.62. The molecule has 0 aromatic rings. The van der Waals surface area contributed by atoms with Gasteiger partial charge in [0.05, 0.1) is 26.2 Å². The summed E-state index contributed by atoms with van der Waals surface area (Å²) < 4.78 is 23.6. The molecule has 162 valence electrons. The van der Waals surface area contributed by atoms with Crippen molar-refractivity contribution >= 4 is 15.6 Å². The minimum Gasteiger partial charge on any atom is -1.00 e. The summed E-state index contributed by atoms with van der Waals surface area (Å²) in [5.41, 5.74) is 0. The molecule has 0 amide bonds. The molecule has 4 N–H and O–H groups in total. The minimum atomic E-state index is -5.05. The topological polar surface area (TPSA) is 124 Å². The molecule has 0 heterocycles. The second-order valence-electron chi connectivity index (χ2n) is 6.71. The van der Waals surface area contributed by atoms with Crippen LogP contribution in [0.25, 0.3) is 0 Å². The molecule has 0 rings (SSSR count). The summed E-state index contributed by atoms with van der Waals surface area (Å²) in [6.07, 6.45) is 11.1. The predicted molar refractivity (Wildman–Crippen MR) is 106 cm³/mol. The SMILES string of the molecule is CCCC[N+](CCCC)(CCCC)CCCC.O=P(O)(O)OP(=O)(O)O.[H-].[K+]. The van der Waals surface area contributed by atoms with Crippen LogP contribution in [-0.4, -0.2) is 50.2 Å². The third-order valence-electron chi connectivity index (χ3n) is 4.16. The maximum Gasteiger partial charge on any atom is 1.00 e. The van der Waals surface area contributed by atoms with Gasteiger partial charge in [0.2, 0.25) is 0 Å². The molecule has 0 aromatic heterocycles. The van der Waals surface area contributed by atoms with E-state index in [1.807, 2.05) is 0 Å². The van der Waals surface area contributed by atoms with E-state index < -0.39 is 15.6 Å². The van der Waals surface area contributed by atoms with E-state index in [0.29, 0.717) is 0 Å². The van der Waals surface area contributed by atoms with Crippen LogP contribution in [0.4, 0.5) is 0 Å². The van der Waals surface area contributed by atoms with Crippen molar-refractivity contribution in [1.29, 1.82) is 0 Å². The fraction of sp³-hybridized carbons (Fsp3) is 1.00. The van der Waals surface area contributed by atoms with Crippen LogP contribution in [0.15, 0.2) is 0 Å². The van der Waals surface area contributed by atoms with E-state index in [1.54, 1.807) is 0 Å². The molecule has 0 aliphatic rings. The molecule has 0 aliphatic heterocycles. The summed E-state index contributed by atoms with van der Waals surface area (Å²) in [7, 11) is -10.1. The average Bonchev–Trinajstić information content (AvgIpc) is 2.50. The van der Waals surface area contributed by atoms with Gasteiger partial charge in [-0.25, -0.2) is 9.13 Å². The second kappa shape index (κ2) is 18.6. The molecule has 0 spiro atoms. The van der Waals surface area contributed by atoms with E-state index in [0.717, 1.165) is 0 Å². The quantitative estimate of drug-likeness (QED) is 0.175. The van der Waals surface area contributed by atoms with Crippen molar-refractivity contribution in [3.63, 3.8) is 0 Å². The number of hydrogen-bond acceptors (Lipinski definition) is 3. The van der Waals surface area contributed by atoms with E-state index in [-0.39, 0.29) is 52.8 Å². The van der Waals surface area contributed by atoms with E-state index >= 15 is 0 Å². The maximum atomic E-state index is 9.63. The van der Waals surface area contributed by atoms with Gasteiger partial charge in [-0.2, -0.15) is 4.31 Å². The molecule has 0 unspecified atom stereocenters. The first-order chi connectivity index (χ1) is 11.9. The molecule has 0 bridgehead atoms. The van der Waals surface area contributed by atoms with Gasteiger partial charge in [-0.3, -0.25) is 0 Å². The molecule has 0 saturated carbocycles. The van der Waals surface area contributed by atoms with Crippen LogP contribution in [0.5, 0.6) is 0 Å². The van der Waals surface area contributed by atoms with Crippen molar-refractivity contribution in [2.75, 3.05) is 26.2 Å². The standard InChI is InChI=1S/C16H36N.K.H4O7P2.H/c1-5-9-13-17(14-10-6-2,15-11-7-3)16-12-8-4;;1-8(2,3)7-9(4,5)6;/h5-16H2,1-4H3;;(H2,1,2,3)(H2,4,5,6);/q2*+1;;-1. The number of rotatable bonds is 14. The maximum absolute atomic E-state index is 9.63. The summed E-state index contributed by atoms with van der Waals surface area (Å²) in [5.74, 6) is 0. The molecule has 0 aromatic carbocycles. The van der Waals surface area contributed by atoms with E-state index in [2.05, 4.69) is 32.0 Å². The third kappa shape index (κ3) is 24.0. The Hall–Kier alpha value is 1.86.